The van der Waals surface area contributed by atoms with Gasteiger partial charge in [-0.1, -0.05) is 27.2 Å². The van der Waals surface area contributed by atoms with Gasteiger partial charge in [-0.3, -0.25) is 4.68 Å². The third kappa shape index (κ3) is 3.75. The summed E-state index contributed by atoms with van der Waals surface area (Å²) in [6.45, 7) is 9.68. The first-order valence-electron chi connectivity index (χ1n) is 13.9. The maximum atomic E-state index is 11.7. The van der Waals surface area contributed by atoms with Gasteiger partial charge in [0, 0.05) is 6.20 Å². The third-order valence-electron chi connectivity index (χ3n) is 11.5. The molecule has 0 aromatic carbocycles. The molecule has 2 unspecified atom stereocenters. The first kappa shape index (κ1) is 24.3. The Balaban J connectivity index is 1.34. The van der Waals surface area contributed by atoms with Gasteiger partial charge in [0.05, 0.1) is 29.5 Å². The van der Waals surface area contributed by atoms with Crippen molar-refractivity contribution in [3.05, 3.63) is 18.0 Å². The minimum Gasteiger partial charge on any atom is -0.390 e. The van der Waals surface area contributed by atoms with Gasteiger partial charge in [-0.15, -0.1) is 0 Å². The molecule has 0 aliphatic heterocycles. The third-order valence-corrected chi connectivity index (χ3v) is 11.5. The van der Waals surface area contributed by atoms with Crippen molar-refractivity contribution in [1.82, 2.24) is 9.78 Å². The molecule has 188 valence electrons. The van der Waals surface area contributed by atoms with Crippen molar-refractivity contribution in [2.75, 3.05) is 0 Å². The quantitative estimate of drug-likeness (QED) is 0.582. The van der Waals surface area contributed by atoms with E-state index in [1.807, 2.05) is 6.92 Å². The van der Waals surface area contributed by atoms with Crippen LogP contribution in [-0.4, -0.2) is 31.2 Å². The predicted octanol–water partition coefficient (Wildman–Crippen LogP) is 5.70. The first-order chi connectivity index (χ1) is 16.0. The largest absolute Gasteiger partial charge is 0.390 e. The van der Waals surface area contributed by atoms with Crippen LogP contribution in [0.2, 0.25) is 0 Å². The molecule has 0 saturated heterocycles. The molecule has 1 heterocycles. The van der Waals surface area contributed by atoms with E-state index in [9.17, 15) is 10.2 Å². The Hall–Kier alpha value is -1.38. The lowest BCUT2D eigenvalue weighted by molar-refractivity contribution is -0.163. The monoisotopic (exact) mass is 467 g/mol. The summed E-state index contributed by atoms with van der Waals surface area (Å²) in [4.78, 5) is 0. The van der Waals surface area contributed by atoms with Crippen LogP contribution in [0, 0.1) is 51.8 Å². The van der Waals surface area contributed by atoms with E-state index in [1.165, 1.54) is 38.5 Å². The van der Waals surface area contributed by atoms with Gasteiger partial charge >= 0.3 is 0 Å². The highest BCUT2D eigenvalue weighted by Crippen LogP contribution is 2.69. The molecule has 4 saturated carbocycles. The lowest BCUT2D eigenvalue weighted by atomic mass is 9.43. The average molecular weight is 468 g/mol. The van der Waals surface area contributed by atoms with Gasteiger partial charge in [0.15, 0.2) is 0 Å². The van der Waals surface area contributed by atoms with Crippen LogP contribution in [0.1, 0.15) is 104 Å². The van der Waals surface area contributed by atoms with Crippen LogP contribution in [0.25, 0.3) is 0 Å². The molecule has 0 bridgehead atoms. The van der Waals surface area contributed by atoms with Gasteiger partial charge in [-0.25, -0.2) is 0 Å². The van der Waals surface area contributed by atoms with Crippen LogP contribution in [0.15, 0.2) is 12.4 Å². The van der Waals surface area contributed by atoms with Gasteiger partial charge in [-0.05, 0) is 112 Å². The molecule has 1 aromatic heterocycles. The summed E-state index contributed by atoms with van der Waals surface area (Å²) < 4.78 is 1.76. The SMILES string of the molecule is CCC[C@@]1(O)CC[C@@]2(C)[C@@H](CC[C@@H]3[C@@H]2CC[C@]2(C)C(C(C)(O)Cn4cc(C#N)cn4)CC[C@@H]32)C1. The van der Waals surface area contributed by atoms with E-state index in [2.05, 4.69) is 31.9 Å². The number of hydrogen-bond acceptors (Lipinski definition) is 4. The molecule has 5 nitrogen and oxygen atoms in total. The maximum absolute atomic E-state index is 11.7. The topological polar surface area (TPSA) is 82.1 Å². The summed E-state index contributed by atoms with van der Waals surface area (Å²) in [7, 11) is 0. The summed E-state index contributed by atoms with van der Waals surface area (Å²) in [6, 6.07) is 2.14. The second-order valence-electron chi connectivity index (χ2n) is 13.4. The number of hydrogen-bond donors (Lipinski definition) is 2. The van der Waals surface area contributed by atoms with Crippen molar-refractivity contribution in [2.24, 2.45) is 40.4 Å². The van der Waals surface area contributed by atoms with Gasteiger partial charge in [-0.2, -0.15) is 10.4 Å². The standard InChI is InChI=1S/C29H45N3O2/c1-5-11-29(34)14-13-26(2)21(15-29)6-7-22-23-8-9-25(27(23,3)12-10-24(22)26)28(4,33)19-32-18-20(16-30)17-31-32/h17-18,21-25,33-34H,5-15,19H2,1-4H3/t21-,22-,23-,24-,25?,26-,27-,28?,29+/m0/s1. The van der Waals surface area contributed by atoms with Gasteiger partial charge in [0.1, 0.15) is 6.07 Å². The van der Waals surface area contributed by atoms with Crippen LogP contribution in [-0.2, 0) is 6.54 Å². The van der Waals surface area contributed by atoms with Crippen molar-refractivity contribution in [2.45, 2.75) is 116 Å². The second-order valence-corrected chi connectivity index (χ2v) is 13.4. The van der Waals surface area contributed by atoms with Crippen LogP contribution < -0.4 is 0 Å². The molecule has 9 atom stereocenters. The zero-order valence-corrected chi connectivity index (χ0v) is 21.8. The normalized spacial score (nSPS) is 45.5. The number of nitriles is 1. The smallest absolute Gasteiger partial charge is 0.102 e. The van der Waals surface area contributed by atoms with Crippen LogP contribution >= 0.6 is 0 Å². The molecule has 0 spiro atoms. The summed E-state index contributed by atoms with van der Waals surface area (Å²) in [6.07, 6.45) is 15.9. The maximum Gasteiger partial charge on any atom is 0.102 e. The Morgan fingerprint density at radius 2 is 1.88 bits per heavy atom. The fraction of sp³-hybridized carbons (Fsp3) is 0.862. The molecular formula is C29H45N3O2. The first-order valence-corrected chi connectivity index (χ1v) is 13.9. The highest BCUT2D eigenvalue weighted by atomic mass is 16.3. The molecule has 5 rings (SSSR count). The van der Waals surface area contributed by atoms with E-state index >= 15 is 0 Å². The molecule has 34 heavy (non-hydrogen) atoms. The molecular weight excluding hydrogens is 422 g/mol. The Labute approximate surface area is 205 Å². The van der Waals surface area contributed by atoms with E-state index in [4.69, 9.17) is 5.26 Å². The van der Waals surface area contributed by atoms with E-state index in [1.54, 1.807) is 17.1 Å². The molecule has 4 fully saturated rings. The van der Waals surface area contributed by atoms with Crippen LogP contribution in [0.3, 0.4) is 0 Å². The number of rotatable bonds is 5. The van der Waals surface area contributed by atoms with Gasteiger partial charge < -0.3 is 10.2 Å². The second kappa shape index (κ2) is 8.34. The predicted molar refractivity (Wildman–Crippen MR) is 133 cm³/mol. The van der Waals surface area contributed by atoms with Crippen molar-refractivity contribution in [1.29, 1.82) is 5.26 Å². The molecule has 0 amide bonds. The minimum absolute atomic E-state index is 0.163. The van der Waals surface area contributed by atoms with Crippen molar-refractivity contribution >= 4 is 0 Å². The molecule has 0 radical (unpaired) electrons. The molecule has 4 aliphatic rings. The Morgan fingerprint density at radius 3 is 2.59 bits per heavy atom. The zero-order valence-electron chi connectivity index (χ0n) is 21.8. The van der Waals surface area contributed by atoms with Crippen molar-refractivity contribution in [3.8, 4) is 6.07 Å². The zero-order chi connectivity index (χ0) is 24.4. The average Bonchev–Trinajstić information content (AvgIpc) is 3.38. The lowest BCUT2D eigenvalue weighted by Crippen LogP contribution is -2.57. The molecule has 4 aliphatic carbocycles. The number of aliphatic hydroxyl groups is 2. The molecule has 1 aromatic rings. The van der Waals surface area contributed by atoms with Crippen molar-refractivity contribution in [3.63, 3.8) is 0 Å². The van der Waals surface area contributed by atoms with E-state index < -0.39 is 11.2 Å². The fourth-order valence-electron chi connectivity index (χ4n) is 9.98. The summed E-state index contributed by atoms with van der Waals surface area (Å²) in [5, 5.41) is 36.4. The van der Waals surface area contributed by atoms with Crippen molar-refractivity contribution < 1.29 is 10.2 Å². The summed E-state index contributed by atoms with van der Waals surface area (Å²) in [5.41, 5.74) is -0.179. The Morgan fingerprint density at radius 1 is 1.12 bits per heavy atom. The summed E-state index contributed by atoms with van der Waals surface area (Å²) >= 11 is 0. The number of nitrogens with zero attached hydrogens (tertiary/aromatic N) is 3. The van der Waals surface area contributed by atoms with Crippen LogP contribution in [0.4, 0.5) is 0 Å². The number of fused-ring (bicyclic) bond motifs is 5. The van der Waals surface area contributed by atoms with Gasteiger partial charge in [0.2, 0.25) is 0 Å². The summed E-state index contributed by atoms with van der Waals surface area (Å²) in [5.74, 6) is 3.13. The van der Waals surface area contributed by atoms with Gasteiger partial charge in [0.25, 0.3) is 0 Å². The molecule has 2 N–H and O–H groups in total. The Bertz CT molecular complexity index is 949. The minimum atomic E-state index is -0.836. The van der Waals surface area contributed by atoms with E-state index in [0.29, 0.717) is 29.4 Å². The Kier molecular flexibility index (Phi) is 5.97. The van der Waals surface area contributed by atoms with E-state index in [-0.39, 0.29) is 11.3 Å². The fourth-order valence-corrected chi connectivity index (χ4v) is 9.98. The van der Waals surface area contributed by atoms with E-state index in [0.717, 1.165) is 43.9 Å². The number of aromatic nitrogens is 2. The highest BCUT2D eigenvalue weighted by molar-refractivity contribution is 5.22. The highest BCUT2D eigenvalue weighted by Gasteiger charge is 2.63. The van der Waals surface area contributed by atoms with Crippen LogP contribution in [0.5, 0.6) is 0 Å². The lowest BCUT2D eigenvalue weighted by Gasteiger charge is -2.62. The molecule has 5 heteroatoms.